The number of aromatic nitrogens is 2. The number of anilines is 1. The van der Waals surface area contributed by atoms with Gasteiger partial charge in [0.15, 0.2) is 11.5 Å². The van der Waals surface area contributed by atoms with Crippen molar-refractivity contribution < 1.29 is 24.5 Å². The molecule has 2 heterocycles. The Labute approximate surface area is 294 Å². The summed E-state index contributed by atoms with van der Waals surface area (Å²) in [4.78, 5) is 34.3. The Morgan fingerprint density at radius 3 is 2.56 bits per heavy atom. The van der Waals surface area contributed by atoms with Gasteiger partial charge in [-0.15, -0.1) is 0 Å². The van der Waals surface area contributed by atoms with Gasteiger partial charge in [0.2, 0.25) is 0 Å². The number of benzene rings is 2. The minimum atomic E-state index is -0.423. The molecule has 2 atom stereocenters. The summed E-state index contributed by atoms with van der Waals surface area (Å²) in [5.74, 6) is 1.16. The lowest BCUT2D eigenvalue weighted by Gasteiger charge is -2.32. The SMILES string of the molecule is CNCc1cc(CCC(=O)CC(=O)C2C(CNc3ccc[nH]3)=Cc3[nH]ccc3C2CCCCc2cccc(O)c2)cc(OC2CCCC2)c1O. The van der Waals surface area contributed by atoms with Crippen molar-refractivity contribution in [3.63, 3.8) is 0 Å². The number of hydrogen-bond acceptors (Lipinski definition) is 7. The second-order valence-corrected chi connectivity index (χ2v) is 13.8. The van der Waals surface area contributed by atoms with E-state index in [9.17, 15) is 19.8 Å². The van der Waals surface area contributed by atoms with Crippen molar-refractivity contribution in [3.05, 3.63) is 101 Å². The number of phenolic OH excluding ortho intramolecular Hbond substituents is 2. The van der Waals surface area contributed by atoms with Crippen molar-refractivity contribution >= 4 is 23.5 Å². The second-order valence-electron chi connectivity index (χ2n) is 13.8. The van der Waals surface area contributed by atoms with Crippen molar-refractivity contribution in [2.45, 2.75) is 89.2 Å². The zero-order chi connectivity index (χ0) is 34.9. The minimum Gasteiger partial charge on any atom is -0.508 e. The highest BCUT2D eigenvalue weighted by Gasteiger charge is 2.37. The summed E-state index contributed by atoms with van der Waals surface area (Å²) < 4.78 is 6.21. The van der Waals surface area contributed by atoms with Gasteiger partial charge in [0.05, 0.1) is 12.5 Å². The summed E-state index contributed by atoms with van der Waals surface area (Å²) in [6.07, 6.45) is 14.2. The van der Waals surface area contributed by atoms with Crippen LogP contribution >= 0.6 is 0 Å². The first kappa shape index (κ1) is 35.1. The average molecular weight is 679 g/mol. The summed E-state index contributed by atoms with van der Waals surface area (Å²) in [7, 11) is 1.83. The van der Waals surface area contributed by atoms with Crippen LogP contribution in [0.15, 0.2) is 72.6 Å². The molecule has 0 saturated heterocycles. The molecule has 1 saturated carbocycles. The second kappa shape index (κ2) is 16.8. The molecule has 2 unspecified atom stereocenters. The molecular formula is C41H50N4O5. The van der Waals surface area contributed by atoms with E-state index in [0.717, 1.165) is 90.7 Å². The number of ether oxygens (including phenoxy) is 1. The van der Waals surface area contributed by atoms with Gasteiger partial charge in [-0.05, 0) is 129 Å². The number of fused-ring (bicyclic) bond motifs is 1. The van der Waals surface area contributed by atoms with Gasteiger partial charge in [-0.1, -0.05) is 24.6 Å². The van der Waals surface area contributed by atoms with Crippen LogP contribution < -0.4 is 15.4 Å². The highest BCUT2D eigenvalue weighted by molar-refractivity contribution is 6.02. The van der Waals surface area contributed by atoms with Crippen LogP contribution in [0.3, 0.4) is 0 Å². The van der Waals surface area contributed by atoms with E-state index in [4.69, 9.17) is 4.74 Å². The largest absolute Gasteiger partial charge is 0.508 e. The predicted molar refractivity (Wildman–Crippen MR) is 197 cm³/mol. The molecule has 2 aromatic heterocycles. The van der Waals surface area contributed by atoms with Crippen LogP contribution in [-0.2, 0) is 29.0 Å². The average Bonchev–Trinajstić information content (AvgIpc) is 3.91. The van der Waals surface area contributed by atoms with Crippen LogP contribution in [-0.4, -0.2) is 51.4 Å². The maximum Gasteiger partial charge on any atom is 0.162 e. The molecule has 50 heavy (non-hydrogen) atoms. The topological polar surface area (TPSA) is 139 Å². The third-order valence-corrected chi connectivity index (χ3v) is 10.2. The van der Waals surface area contributed by atoms with E-state index in [1.807, 2.05) is 55.8 Å². The van der Waals surface area contributed by atoms with Crippen LogP contribution in [0.5, 0.6) is 17.2 Å². The molecule has 6 N–H and O–H groups in total. The molecule has 0 radical (unpaired) electrons. The van der Waals surface area contributed by atoms with E-state index < -0.39 is 5.92 Å². The van der Waals surface area contributed by atoms with Crippen molar-refractivity contribution in [2.24, 2.45) is 5.92 Å². The number of aryl methyl sites for hydroxylation is 2. The van der Waals surface area contributed by atoms with Gasteiger partial charge in [0.1, 0.15) is 23.1 Å². The first-order chi connectivity index (χ1) is 24.4. The van der Waals surface area contributed by atoms with E-state index in [-0.39, 0.29) is 47.9 Å². The van der Waals surface area contributed by atoms with Gasteiger partial charge in [-0.25, -0.2) is 0 Å². The number of unbranched alkanes of at least 4 members (excludes halogenated alkanes) is 1. The molecule has 9 heteroatoms. The molecule has 2 aliphatic carbocycles. The fourth-order valence-corrected chi connectivity index (χ4v) is 7.66. The predicted octanol–water partition coefficient (Wildman–Crippen LogP) is 7.58. The number of Topliss-reactive ketones (excluding diaryl/α,β-unsaturated/α-hetero) is 2. The van der Waals surface area contributed by atoms with Crippen LogP contribution in [0, 0.1) is 5.92 Å². The van der Waals surface area contributed by atoms with Crippen molar-refractivity contribution in [1.82, 2.24) is 15.3 Å². The van der Waals surface area contributed by atoms with Crippen molar-refractivity contribution in [2.75, 3.05) is 18.9 Å². The number of nitrogens with one attached hydrogen (secondary N) is 4. The summed E-state index contributed by atoms with van der Waals surface area (Å²) >= 11 is 0. The molecule has 2 aromatic carbocycles. The summed E-state index contributed by atoms with van der Waals surface area (Å²) in [6, 6.07) is 17.1. The number of ketones is 2. The van der Waals surface area contributed by atoms with Gasteiger partial charge >= 0.3 is 0 Å². The molecule has 4 aromatic rings. The third kappa shape index (κ3) is 8.87. The summed E-state index contributed by atoms with van der Waals surface area (Å²) in [6.45, 7) is 0.964. The van der Waals surface area contributed by atoms with E-state index in [1.54, 1.807) is 12.1 Å². The molecule has 6 rings (SSSR count). The Balaban J connectivity index is 1.15. The Morgan fingerprint density at radius 1 is 0.920 bits per heavy atom. The Kier molecular flexibility index (Phi) is 11.8. The normalized spacial score (nSPS) is 17.3. The Hall–Kier alpha value is -4.76. The molecule has 0 aliphatic heterocycles. The van der Waals surface area contributed by atoms with E-state index in [2.05, 4.69) is 32.7 Å². The third-order valence-electron chi connectivity index (χ3n) is 10.2. The lowest BCUT2D eigenvalue weighted by molar-refractivity contribution is -0.129. The highest BCUT2D eigenvalue weighted by atomic mass is 16.5. The number of rotatable bonds is 18. The number of aromatic hydroxyl groups is 2. The molecule has 1 fully saturated rings. The van der Waals surface area contributed by atoms with E-state index in [0.29, 0.717) is 25.3 Å². The monoisotopic (exact) mass is 678 g/mol. The number of carbonyl (C=O) groups is 2. The molecule has 2 aliphatic rings. The maximum absolute atomic E-state index is 14.3. The summed E-state index contributed by atoms with van der Waals surface area (Å²) in [5, 5.41) is 27.3. The fraction of sp³-hybridized carbons (Fsp3) is 0.415. The molecule has 9 nitrogen and oxygen atoms in total. The minimum absolute atomic E-state index is 0.0498. The lowest BCUT2D eigenvalue weighted by atomic mass is 9.71. The number of carbonyl (C=O) groups excluding carboxylic acids is 2. The molecule has 0 spiro atoms. The van der Waals surface area contributed by atoms with Crippen LogP contribution in [0.25, 0.3) is 6.08 Å². The fourth-order valence-electron chi connectivity index (χ4n) is 7.66. The lowest BCUT2D eigenvalue weighted by Crippen LogP contribution is -2.31. The Bertz CT molecular complexity index is 1770. The van der Waals surface area contributed by atoms with Gasteiger partial charge in [-0.3, -0.25) is 9.59 Å². The van der Waals surface area contributed by atoms with E-state index in [1.165, 1.54) is 0 Å². The quantitative estimate of drug-likeness (QED) is 0.0471. The van der Waals surface area contributed by atoms with Gasteiger partial charge in [0.25, 0.3) is 0 Å². The molecular weight excluding hydrogens is 628 g/mol. The standard InChI is InChI=1S/C41H50N4O5/c1-42-25-30-20-28(22-38(41(30)49)50-33-11-3-4-12-33)15-16-32(47)24-37(48)40-29(26-45-39-14-7-18-44-39)23-36-34(17-19-43-36)35(40)13-5-2-8-27-9-6-10-31(46)21-27/h6-7,9-10,14,17-23,33,35,40,42-46,49H,2-5,8,11-13,15-16,24-26H2,1H3. The number of aromatic amines is 2. The molecule has 0 amide bonds. The number of phenols is 2. The zero-order valence-corrected chi connectivity index (χ0v) is 29.0. The summed E-state index contributed by atoms with van der Waals surface area (Å²) in [5.41, 5.74) is 5.84. The smallest absolute Gasteiger partial charge is 0.162 e. The number of H-pyrrole nitrogens is 2. The highest BCUT2D eigenvalue weighted by Crippen LogP contribution is 2.43. The van der Waals surface area contributed by atoms with Crippen LogP contribution in [0.4, 0.5) is 5.82 Å². The molecule has 0 bridgehead atoms. The van der Waals surface area contributed by atoms with Crippen molar-refractivity contribution in [1.29, 1.82) is 0 Å². The first-order valence-corrected chi connectivity index (χ1v) is 18.1. The number of hydrogen-bond donors (Lipinski definition) is 6. The zero-order valence-electron chi connectivity index (χ0n) is 29.0. The van der Waals surface area contributed by atoms with Gasteiger partial charge < -0.3 is 35.6 Å². The molecule has 264 valence electrons. The van der Waals surface area contributed by atoms with Crippen molar-refractivity contribution in [3.8, 4) is 17.2 Å². The van der Waals surface area contributed by atoms with E-state index >= 15 is 0 Å². The van der Waals surface area contributed by atoms with Gasteiger partial charge in [0, 0.05) is 49.1 Å². The maximum atomic E-state index is 14.3. The van der Waals surface area contributed by atoms with Crippen LogP contribution in [0.2, 0.25) is 0 Å². The van der Waals surface area contributed by atoms with Gasteiger partial charge in [-0.2, -0.15) is 0 Å². The Morgan fingerprint density at radius 2 is 1.78 bits per heavy atom. The van der Waals surface area contributed by atoms with Crippen LogP contribution in [0.1, 0.15) is 91.7 Å². The first-order valence-electron chi connectivity index (χ1n) is 18.1.